The molecule has 0 unspecified atom stereocenters. The minimum Gasteiger partial charge on any atom is -0.478 e. The van der Waals surface area contributed by atoms with Gasteiger partial charge in [0.15, 0.2) is 0 Å². The lowest BCUT2D eigenvalue weighted by atomic mass is 10.1. The van der Waals surface area contributed by atoms with Gasteiger partial charge in [0.05, 0.1) is 5.56 Å². The predicted octanol–water partition coefficient (Wildman–Crippen LogP) is 1.24. The van der Waals surface area contributed by atoms with Crippen molar-refractivity contribution in [3.63, 3.8) is 0 Å². The lowest BCUT2D eigenvalue weighted by molar-refractivity contribution is 0.0697. The maximum atomic E-state index is 10.6. The molecule has 0 aliphatic rings. The Morgan fingerprint density at radius 2 is 2.15 bits per heavy atom. The largest absolute Gasteiger partial charge is 0.478 e. The van der Waals surface area contributed by atoms with Gasteiger partial charge in [-0.3, -0.25) is 4.79 Å². The maximum absolute atomic E-state index is 10.6. The van der Waals surface area contributed by atoms with E-state index in [2.05, 4.69) is 5.32 Å². The van der Waals surface area contributed by atoms with Crippen molar-refractivity contribution in [2.24, 2.45) is 0 Å². The van der Waals surface area contributed by atoms with Crippen molar-refractivity contribution < 1.29 is 14.7 Å². The first-order valence-corrected chi connectivity index (χ1v) is 3.68. The van der Waals surface area contributed by atoms with E-state index in [0.29, 0.717) is 17.5 Å². The van der Waals surface area contributed by atoms with Crippen LogP contribution in [0.2, 0.25) is 0 Å². The fraction of sp³-hybridized carbons (Fsp3) is 0.111. The van der Waals surface area contributed by atoms with Gasteiger partial charge in [-0.25, -0.2) is 4.79 Å². The van der Waals surface area contributed by atoms with Crippen molar-refractivity contribution in [2.45, 2.75) is 0 Å². The van der Waals surface area contributed by atoms with E-state index in [1.807, 2.05) is 0 Å². The van der Waals surface area contributed by atoms with Gasteiger partial charge in [0.25, 0.3) is 0 Å². The minimum atomic E-state index is -1.04. The zero-order valence-corrected chi connectivity index (χ0v) is 7.07. The second kappa shape index (κ2) is 3.71. The Morgan fingerprint density at radius 1 is 1.46 bits per heavy atom. The van der Waals surface area contributed by atoms with E-state index in [1.165, 1.54) is 12.1 Å². The van der Waals surface area contributed by atoms with Gasteiger partial charge in [-0.1, -0.05) is 0 Å². The third-order valence-corrected chi connectivity index (χ3v) is 1.63. The molecule has 0 atom stereocenters. The standard InChI is InChI=1S/C9H9NO3/c1-10-8-3-6(5-11)2-7(4-8)9(12)13/h2-5,10H,1H3,(H,12,13). The van der Waals surface area contributed by atoms with E-state index < -0.39 is 5.97 Å². The lowest BCUT2D eigenvalue weighted by Gasteiger charge is -2.02. The number of carboxylic acids is 1. The minimum absolute atomic E-state index is 0.106. The molecule has 1 aromatic carbocycles. The summed E-state index contributed by atoms with van der Waals surface area (Å²) in [6, 6.07) is 4.38. The first-order valence-electron chi connectivity index (χ1n) is 3.68. The van der Waals surface area contributed by atoms with E-state index in [-0.39, 0.29) is 5.56 Å². The Kier molecular flexibility index (Phi) is 2.64. The third-order valence-electron chi connectivity index (χ3n) is 1.63. The van der Waals surface area contributed by atoms with Crippen LogP contribution in [0.15, 0.2) is 18.2 Å². The van der Waals surface area contributed by atoms with E-state index in [1.54, 1.807) is 13.1 Å². The number of rotatable bonds is 3. The maximum Gasteiger partial charge on any atom is 0.335 e. The number of hydrogen-bond donors (Lipinski definition) is 2. The van der Waals surface area contributed by atoms with Gasteiger partial charge >= 0.3 is 5.97 Å². The summed E-state index contributed by atoms with van der Waals surface area (Å²) in [7, 11) is 1.66. The number of carboxylic acid groups (broad SMARTS) is 1. The number of benzene rings is 1. The third kappa shape index (κ3) is 2.05. The van der Waals surface area contributed by atoms with E-state index in [9.17, 15) is 9.59 Å². The normalized spacial score (nSPS) is 9.31. The summed E-state index contributed by atoms with van der Waals surface area (Å²) in [4.78, 5) is 21.0. The summed E-state index contributed by atoms with van der Waals surface area (Å²) in [5.74, 6) is -1.04. The van der Waals surface area contributed by atoms with Crippen LogP contribution in [-0.2, 0) is 0 Å². The van der Waals surface area contributed by atoms with Crippen LogP contribution in [0.1, 0.15) is 20.7 Å². The molecule has 0 saturated carbocycles. The van der Waals surface area contributed by atoms with Crippen LogP contribution >= 0.6 is 0 Å². The first-order chi connectivity index (χ1) is 6.17. The second-order valence-corrected chi connectivity index (χ2v) is 2.52. The number of aromatic carboxylic acids is 1. The Balaban J connectivity index is 3.22. The summed E-state index contributed by atoms with van der Waals surface area (Å²) in [6.07, 6.45) is 0.618. The number of hydrogen-bond acceptors (Lipinski definition) is 3. The molecular formula is C9H9NO3. The van der Waals surface area contributed by atoms with Crippen molar-refractivity contribution in [3.8, 4) is 0 Å². The SMILES string of the molecule is CNc1cc(C=O)cc(C(=O)O)c1. The van der Waals surface area contributed by atoms with Crippen molar-refractivity contribution in [1.82, 2.24) is 0 Å². The average Bonchev–Trinajstić information content (AvgIpc) is 2.16. The van der Waals surface area contributed by atoms with Crippen LogP contribution in [0.5, 0.6) is 0 Å². The Bertz CT molecular complexity index is 347. The van der Waals surface area contributed by atoms with Crippen LogP contribution < -0.4 is 5.32 Å². The predicted molar refractivity (Wildman–Crippen MR) is 48.3 cm³/mol. The highest BCUT2D eigenvalue weighted by atomic mass is 16.4. The van der Waals surface area contributed by atoms with Crippen molar-refractivity contribution in [1.29, 1.82) is 0 Å². The molecular weight excluding hydrogens is 170 g/mol. The summed E-state index contributed by atoms with van der Waals surface area (Å²) >= 11 is 0. The molecule has 13 heavy (non-hydrogen) atoms. The molecule has 0 saturated heterocycles. The topological polar surface area (TPSA) is 66.4 Å². The van der Waals surface area contributed by atoms with E-state index in [0.717, 1.165) is 0 Å². The second-order valence-electron chi connectivity index (χ2n) is 2.52. The summed E-state index contributed by atoms with van der Waals surface area (Å²) < 4.78 is 0. The molecule has 0 aliphatic carbocycles. The molecule has 0 heterocycles. The summed E-state index contributed by atoms with van der Waals surface area (Å²) in [5, 5.41) is 11.5. The highest BCUT2D eigenvalue weighted by molar-refractivity contribution is 5.91. The number of nitrogens with one attached hydrogen (secondary N) is 1. The first kappa shape index (κ1) is 9.25. The van der Waals surface area contributed by atoms with Crippen LogP contribution in [0.25, 0.3) is 0 Å². The lowest BCUT2D eigenvalue weighted by Crippen LogP contribution is -2.00. The number of carbonyl (C=O) groups excluding carboxylic acids is 1. The van der Waals surface area contributed by atoms with Crippen LogP contribution in [0.3, 0.4) is 0 Å². The molecule has 0 fully saturated rings. The highest BCUT2D eigenvalue weighted by Gasteiger charge is 2.05. The quantitative estimate of drug-likeness (QED) is 0.685. The molecule has 1 aromatic rings. The van der Waals surface area contributed by atoms with E-state index in [4.69, 9.17) is 5.11 Å². The zero-order chi connectivity index (χ0) is 9.84. The zero-order valence-electron chi connectivity index (χ0n) is 7.07. The van der Waals surface area contributed by atoms with Gasteiger partial charge in [-0.15, -0.1) is 0 Å². The van der Waals surface area contributed by atoms with Crippen molar-refractivity contribution >= 4 is 17.9 Å². The van der Waals surface area contributed by atoms with Crippen LogP contribution in [0.4, 0.5) is 5.69 Å². The average molecular weight is 179 g/mol. The highest BCUT2D eigenvalue weighted by Crippen LogP contribution is 2.13. The van der Waals surface area contributed by atoms with Crippen LogP contribution in [0, 0.1) is 0 Å². The van der Waals surface area contributed by atoms with Crippen molar-refractivity contribution in [3.05, 3.63) is 29.3 Å². The number of aldehydes is 1. The molecule has 1 rings (SSSR count). The molecule has 4 heteroatoms. The molecule has 0 radical (unpaired) electrons. The monoisotopic (exact) mass is 179 g/mol. The number of anilines is 1. The smallest absolute Gasteiger partial charge is 0.335 e. The molecule has 4 nitrogen and oxygen atoms in total. The molecule has 0 spiro atoms. The molecule has 0 amide bonds. The van der Waals surface area contributed by atoms with Gasteiger partial charge in [0, 0.05) is 18.3 Å². The van der Waals surface area contributed by atoms with Gasteiger partial charge in [0.2, 0.25) is 0 Å². The molecule has 0 aliphatic heterocycles. The fourth-order valence-corrected chi connectivity index (χ4v) is 0.988. The fourth-order valence-electron chi connectivity index (χ4n) is 0.988. The Hall–Kier alpha value is -1.84. The molecule has 68 valence electrons. The van der Waals surface area contributed by atoms with Gasteiger partial charge in [-0.2, -0.15) is 0 Å². The molecule has 2 N–H and O–H groups in total. The van der Waals surface area contributed by atoms with E-state index >= 15 is 0 Å². The van der Waals surface area contributed by atoms with Gasteiger partial charge < -0.3 is 10.4 Å². The Labute approximate surface area is 75.2 Å². The van der Waals surface area contributed by atoms with Gasteiger partial charge in [-0.05, 0) is 18.2 Å². The van der Waals surface area contributed by atoms with Gasteiger partial charge in [0.1, 0.15) is 6.29 Å². The molecule has 0 aromatic heterocycles. The number of carbonyl (C=O) groups is 2. The molecule has 0 bridgehead atoms. The van der Waals surface area contributed by atoms with Crippen molar-refractivity contribution in [2.75, 3.05) is 12.4 Å². The summed E-state index contributed by atoms with van der Waals surface area (Å²) in [6.45, 7) is 0. The Morgan fingerprint density at radius 3 is 2.62 bits per heavy atom. The van der Waals surface area contributed by atoms with Crippen LogP contribution in [-0.4, -0.2) is 24.4 Å². The summed E-state index contributed by atoms with van der Waals surface area (Å²) in [5.41, 5.74) is 1.07.